The molecule has 1 N–H and O–H groups in total. The Morgan fingerprint density at radius 1 is 1.12 bits per heavy atom. The van der Waals surface area contributed by atoms with E-state index in [0.29, 0.717) is 5.75 Å². The fraction of sp³-hybridized carbons (Fsp3) is 0.609. The van der Waals surface area contributed by atoms with Gasteiger partial charge in [-0.2, -0.15) is 0 Å². The third-order valence-electron chi connectivity index (χ3n) is 5.69. The molecule has 0 aliphatic heterocycles. The third-order valence-corrected chi connectivity index (χ3v) is 5.69. The van der Waals surface area contributed by atoms with Crippen molar-refractivity contribution in [2.45, 2.75) is 86.0 Å². The van der Waals surface area contributed by atoms with Crippen molar-refractivity contribution in [1.82, 2.24) is 0 Å². The second-order valence-electron chi connectivity index (χ2n) is 9.17. The van der Waals surface area contributed by atoms with E-state index >= 15 is 0 Å². The molecule has 1 aromatic carbocycles. The molecule has 1 aliphatic rings. The molecule has 0 unspecified atom stereocenters. The zero-order chi connectivity index (χ0) is 19.0. The molecule has 2 heteroatoms. The summed E-state index contributed by atoms with van der Waals surface area (Å²) in [5.74, 6) is 0.683. The van der Waals surface area contributed by atoms with Crippen LogP contribution in [0.2, 0.25) is 0 Å². The van der Waals surface area contributed by atoms with Crippen LogP contribution in [0.25, 0.3) is 6.08 Å². The normalized spacial score (nSPS) is 15.9. The van der Waals surface area contributed by atoms with Crippen molar-refractivity contribution in [2.24, 2.45) is 5.41 Å². The predicted molar refractivity (Wildman–Crippen MR) is 106 cm³/mol. The number of carbonyl (C=O) groups excluding carboxylic acids is 1. The number of benzene rings is 1. The van der Waals surface area contributed by atoms with Crippen molar-refractivity contribution in [3.8, 4) is 5.75 Å². The summed E-state index contributed by atoms with van der Waals surface area (Å²) in [6.07, 6.45) is 7.07. The Labute approximate surface area is 153 Å². The van der Waals surface area contributed by atoms with Gasteiger partial charge in [-0.25, -0.2) is 0 Å². The zero-order valence-corrected chi connectivity index (χ0v) is 17.0. The maximum Gasteiger partial charge on any atom is 0.164 e. The van der Waals surface area contributed by atoms with Crippen LogP contribution in [0, 0.1) is 5.41 Å². The fourth-order valence-corrected chi connectivity index (χ4v) is 3.65. The quantitative estimate of drug-likeness (QED) is 0.684. The molecular formula is C23H34O2. The molecule has 0 saturated heterocycles. The second kappa shape index (κ2) is 6.97. The number of Topliss-reactive ketones (excluding diaryl/α,β-unsaturated/α-hetero) is 1. The number of allylic oxidation sites excluding steroid dienone is 1. The number of aromatic hydroxyl groups is 1. The SMILES string of the molecule is CCC(C)(C)C(=O)C(C)=Cc1cc(C(C)(C)C)c(O)c2c1CCCC2. The molecule has 0 heterocycles. The van der Waals surface area contributed by atoms with Gasteiger partial charge in [0.25, 0.3) is 0 Å². The smallest absolute Gasteiger partial charge is 0.164 e. The molecule has 2 nitrogen and oxygen atoms in total. The van der Waals surface area contributed by atoms with Gasteiger partial charge in [-0.3, -0.25) is 4.79 Å². The molecule has 2 rings (SSSR count). The second-order valence-corrected chi connectivity index (χ2v) is 9.17. The van der Waals surface area contributed by atoms with E-state index in [2.05, 4.69) is 39.8 Å². The molecule has 0 saturated carbocycles. The van der Waals surface area contributed by atoms with Gasteiger partial charge < -0.3 is 5.11 Å². The van der Waals surface area contributed by atoms with Crippen LogP contribution in [0.5, 0.6) is 5.75 Å². The van der Waals surface area contributed by atoms with Gasteiger partial charge in [0.2, 0.25) is 0 Å². The highest BCUT2D eigenvalue weighted by atomic mass is 16.3. The minimum atomic E-state index is -0.329. The standard InChI is InChI=1S/C23H34O2/c1-8-23(6,7)21(25)15(2)13-16-14-19(22(3,4)5)20(24)18-12-10-9-11-17(16)18/h13-14,24H,8-12H2,1-7H3. The zero-order valence-electron chi connectivity index (χ0n) is 17.0. The summed E-state index contributed by atoms with van der Waals surface area (Å²) in [5, 5.41) is 10.8. The van der Waals surface area contributed by atoms with E-state index in [0.717, 1.165) is 54.4 Å². The highest BCUT2D eigenvalue weighted by molar-refractivity contribution is 6.02. The average Bonchev–Trinajstić information content (AvgIpc) is 2.55. The lowest BCUT2D eigenvalue weighted by atomic mass is 9.77. The Morgan fingerprint density at radius 3 is 2.20 bits per heavy atom. The van der Waals surface area contributed by atoms with E-state index < -0.39 is 0 Å². The van der Waals surface area contributed by atoms with Gasteiger partial charge in [0.15, 0.2) is 5.78 Å². The monoisotopic (exact) mass is 342 g/mol. The maximum atomic E-state index is 12.8. The Morgan fingerprint density at radius 2 is 1.68 bits per heavy atom. The van der Waals surface area contributed by atoms with Crippen LogP contribution in [0.1, 0.15) is 90.0 Å². The molecule has 1 aromatic rings. The lowest BCUT2D eigenvalue weighted by Gasteiger charge is -2.28. The van der Waals surface area contributed by atoms with E-state index in [1.54, 1.807) is 0 Å². The van der Waals surface area contributed by atoms with Gasteiger partial charge in [0, 0.05) is 11.0 Å². The van der Waals surface area contributed by atoms with Crippen molar-refractivity contribution < 1.29 is 9.90 Å². The maximum absolute atomic E-state index is 12.8. The molecule has 25 heavy (non-hydrogen) atoms. The number of phenolic OH excluding ortho intramolecular Hbond substituents is 1. The Balaban J connectivity index is 2.61. The van der Waals surface area contributed by atoms with Crippen molar-refractivity contribution in [3.05, 3.63) is 33.9 Å². The van der Waals surface area contributed by atoms with E-state index in [4.69, 9.17) is 0 Å². The number of rotatable bonds is 4. The number of hydrogen-bond donors (Lipinski definition) is 1. The van der Waals surface area contributed by atoms with E-state index in [-0.39, 0.29) is 16.6 Å². The first-order valence-electron chi connectivity index (χ1n) is 9.60. The van der Waals surface area contributed by atoms with E-state index in [1.807, 2.05) is 20.8 Å². The number of carbonyl (C=O) groups is 1. The molecule has 0 amide bonds. The van der Waals surface area contributed by atoms with Crippen LogP contribution >= 0.6 is 0 Å². The van der Waals surface area contributed by atoms with Crippen LogP contribution in [0.15, 0.2) is 11.6 Å². The van der Waals surface area contributed by atoms with Gasteiger partial charge in [0.05, 0.1) is 0 Å². The van der Waals surface area contributed by atoms with Gasteiger partial charge in [-0.1, -0.05) is 41.5 Å². The highest BCUT2D eigenvalue weighted by Gasteiger charge is 2.28. The van der Waals surface area contributed by atoms with E-state index in [9.17, 15) is 9.90 Å². The lowest BCUT2D eigenvalue weighted by molar-refractivity contribution is -0.123. The first-order valence-corrected chi connectivity index (χ1v) is 9.60. The molecule has 138 valence electrons. The van der Waals surface area contributed by atoms with Crippen molar-refractivity contribution >= 4 is 11.9 Å². The highest BCUT2D eigenvalue weighted by Crippen LogP contribution is 2.41. The van der Waals surface area contributed by atoms with Crippen LogP contribution in [0.4, 0.5) is 0 Å². The molecule has 0 radical (unpaired) electrons. The minimum Gasteiger partial charge on any atom is -0.507 e. The summed E-state index contributed by atoms with van der Waals surface area (Å²) >= 11 is 0. The third kappa shape index (κ3) is 3.99. The van der Waals surface area contributed by atoms with Crippen LogP contribution in [0.3, 0.4) is 0 Å². The first-order chi connectivity index (χ1) is 11.5. The van der Waals surface area contributed by atoms with Crippen LogP contribution in [-0.2, 0) is 23.1 Å². The van der Waals surface area contributed by atoms with Crippen LogP contribution < -0.4 is 0 Å². The Kier molecular flexibility index (Phi) is 5.51. The first kappa shape index (κ1) is 19.8. The lowest BCUT2D eigenvalue weighted by Crippen LogP contribution is -2.24. The molecular weight excluding hydrogens is 308 g/mol. The summed E-state index contributed by atoms with van der Waals surface area (Å²) in [4.78, 5) is 12.8. The van der Waals surface area contributed by atoms with Gasteiger partial charge in [0.1, 0.15) is 5.75 Å². The number of fused-ring (bicyclic) bond motifs is 1. The van der Waals surface area contributed by atoms with Crippen molar-refractivity contribution in [3.63, 3.8) is 0 Å². The summed E-state index contributed by atoms with van der Waals surface area (Å²) < 4.78 is 0. The summed E-state index contributed by atoms with van der Waals surface area (Å²) in [6.45, 7) is 14.4. The largest absolute Gasteiger partial charge is 0.507 e. The topological polar surface area (TPSA) is 37.3 Å². The fourth-order valence-electron chi connectivity index (χ4n) is 3.65. The minimum absolute atomic E-state index is 0.125. The molecule has 0 spiro atoms. The predicted octanol–water partition coefficient (Wildman–Crippen LogP) is 5.98. The number of hydrogen-bond acceptors (Lipinski definition) is 2. The van der Waals surface area contributed by atoms with Crippen molar-refractivity contribution in [1.29, 1.82) is 0 Å². The Hall–Kier alpha value is -1.57. The summed E-state index contributed by atoms with van der Waals surface area (Å²) in [6, 6.07) is 2.11. The molecule has 0 aromatic heterocycles. The Bertz CT molecular complexity index is 700. The van der Waals surface area contributed by atoms with Gasteiger partial charge in [-0.15, -0.1) is 0 Å². The van der Waals surface area contributed by atoms with Crippen molar-refractivity contribution in [2.75, 3.05) is 0 Å². The van der Waals surface area contributed by atoms with Crippen LogP contribution in [-0.4, -0.2) is 10.9 Å². The molecule has 0 atom stereocenters. The number of ketones is 1. The molecule has 1 aliphatic carbocycles. The van der Waals surface area contributed by atoms with Gasteiger partial charge >= 0.3 is 0 Å². The van der Waals surface area contributed by atoms with E-state index in [1.165, 1.54) is 5.56 Å². The molecule has 0 bridgehead atoms. The summed E-state index contributed by atoms with van der Waals surface area (Å²) in [5.41, 5.74) is 4.79. The molecule has 0 fully saturated rings. The summed E-state index contributed by atoms with van der Waals surface area (Å²) in [7, 11) is 0. The van der Waals surface area contributed by atoms with Gasteiger partial charge in [-0.05, 0) is 78.8 Å². The average molecular weight is 343 g/mol. The number of phenols is 1.